The Hall–Kier alpha value is -0.860. The van der Waals surface area contributed by atoms with Crippen LogP contribution in [0.2, 0.25) is 0 Å². The Bertz CT molecular complexity index is 352. The zero-order valence-corrected chi connectivity index (χ0v) is 10.7. The fourth-order valence-electron chi connectivity index (χ4n) is 2.52. The number of nitrogens with one attached hydrogen (secondary N) is 1. The SMILES string of the molecule is Cc1cccc(CCNCC2(CO)CCC2)c1. The van der Waals surface area contributed by atoms with E-state index in [0.29, 0.717) is 6.61 Å². The molecular formula is C15H23NO. The second-order valence-corrected chi connectivity index (χ2v) is 5.43. The molecule has 2 heteroatoms. The number of hydrogen-bond donors (Lipinski definition) is 2. The third-order valence-electron chi connectivity index (χ3n) is 3.92. The summed E-state index contributed by atoms with van der Waals surface area (Å²) in [6, 6.07) is 8.67. The molecule has 0 atom stereocenters. The standard InChI is InChI=1S/C15H23NO/c1-13-4-2-5-14(10-13)6-9-16-11-15(12-17)7-3-8-15/h2,4-5,10,16-17H,3,6-9,11-12H2,1H3. The van der Waals surface area contributed by atoms with Crippen molar-refractivity contribution in [3.8, 4) is 0 Å². The highest BCUT2D eigenvalue weighted by Crippen LogP contribution is 2.39. The molecule has 0 saturated heterocycles. The van der Waals surface area contributed by atoms with Crippen LogP contribution < -0.4 is 5.32 Å². The molecule has 2 rings (SSSR count). The molecule has 1 saturated carbocycles. The van der Waals surface area contributed by atoms with Gasteiger partial charge in [0.25, 0.3) is 0 Å². The lowest BCUT2D eigenvalue weighted by molar-refractivity contribution is 0.0451. The summed E-state index contributed by atoms with van der Waals surface area (Å²) in [5.41, 5.74) is 2.92. The Labute approximate surface area is 104 Å². The van der Waals surface area contributed by atoms with Gasteiger partial charge in [0.1, 0.15) is 0 Å². The van der Waals surface area contributed by atoms with Crippen molar-refractivity contribution in [3.05, 3.63) is 35.4 Å². The number of aryl methyl sites for hydroxylation is 1. The second-order valence-electron chi connectivity index (χ2n) is 5.43. The summed E-state index contributed by atoms with van der Waals surface area (Å²) in [4.78, 5) is 0. The molecule has 0 spiro atoms. The molecule has 2 nitrogen and oxygen atoms in total. The number of aliphatic hydroxyl groups is 1. The van der Waals surface area contributed by atoms with Crippen molar-refractivity contribution in [1.29, 1.82) is 0 Å². The first kappa shape index (κ1) is 12.6. The summed E-state index contributed by atoms with van der Waals surface area (Å²) >= 11 is 0. The average Bonchev–Trinajstić information content (AvgIpc) is 2.27. The predicted octanol–water partition coefficient (Wildman–Crippen LogP) is 2.29. The van der Waals surface area contributed by atoms with Crippen LogP contribution in [-0.2, 0) is 6.42 Å². The minimum Gasteiger partial charge on any atom is -0.396 e. The van der Waals surface area contributed by atoms with E-state index in [0.717, 1.165) is 19.5 Å². The van der Waals surface area contributed by atoms with Gasteiger partial charge in [0.2, 0.25) is 0 Å². The van der Waals surface area contributed by atoms with Crippen molar-refractivity contribution in [3.63, 3.8) is 0 Å². The smallest absolute Gasteiger partial charge is 0.0499 e. The summed E-state index contributed by atoms with van der Waals surface area (Å²) in [6.07, 6.45) is 4.71. The van der Waals surface area contributed by atoms with Crippen molar-refractivity contribution in [2.24, 2.45) is 5.41 Å². The molecule has 0 radical (unpaired) electrons. The highest BCUT2D eigenvalue weighted by atomic mass is 16.3. The molecular weight excluding hydrogens is 210 g/mol. The van der Waals surface area contributed by atoms with Gasteiger partial charge < -0.3 is 10.4 Å². The summed E-state index contributed by atoms with van der Waals surface area (Å²) in [5, 5.41) is 12.8. The molecule has 1 aliphatic rings. The fourth-order valence-corrected chi connectivity index (χ4v) is 2.52. The summed E-state index contributed by atoms with van der Waals surface area (Å²) in [5.74, 6) is 0. The molecule has 2 N–H and O–H groups in total. The lowest BCUT2D eigenvalue weighted by Gasteiger charge is -2.40. The van der Waals surface area contributed by atoms with E-state index in [1.54, 1.807) is 0 Å². The van der Waals surface area contributed by atoms with Gasteiger partial charge in [0.15, 0.2) is 0 Å². The number of hydrogen-bond acceptors (Lipinski definition) is 2. The van der Waals surface area contributed by atoms with Crippen LogP contribution in [0, 0.1) is 12.3 Å². The molecule has 1 aromatic carbocycles. The summed E-state index contributed by atoms with van der Waals surface area (Å²) in [6.45, 7) is 4.44. The van der Waals surface area contributed by atoms with E-state index < -0.39 is 0 Å². The lowest BCUT2D eigenvalue weighted by atomic mass is 9.69. The van der Waals surface area contributed by atoms with Crippen LogP contribution in [0.4, 0.5) is 0 Å². The monoisotopic (exact) mass is 233 g/mol. The maximum absolute atomic E-state index is 9.35. The molecule has 1 fully saturated rings. The van der Waals surface area contributed by atoms with Crippen molar-refractivity contribution < 1.29 is 5.11 Å². The van der Waals surface area contributed by atoms with Crippen LogP contribution in [0.1, 0.15) is 30.4 Å². The number of aliphatic hydroxyl groups excluding tert-OH is 1. The van der Waals surface area contributed by atoms with E-state index >= 15 is 0 Å². The van der Waals surface area contributed by atoms with Crippen LogP contribution in [0.15, 0.2) is 24.3 Å². The Morgan fingerprint density at radius 3 is 2.76 bits per heavy atom. The Balaban J connectivity index is 1.69. The number of rotatable bonds is 6. The fraction of sp³-hybridized carbons (Fsp3) is 0.600. The van der Waals surface area contributed by atoms with Gasteiger partial charge in [-0.15, -0.1) is 0 Å². The summed E-state index contributed by atoms with van der Waals surface area (Å²) in [7, 11) is 0. The van der Waals surface area contributed by atoms with Gasteiger partial charge in [0, 0.05) is 18.6 Å². The third kappa shape index (κ3) is 3.30. The normalized spacial score (nSPS) is 17.8. The van der Waals surface area contributed by atoms with Crippen molar-refractivity contribution in [1.82, 2.24) is 5.32 Å². The van der Waals surface area contributed by atoms with Gasteiger partial charge in [0.05, 0.1) is 0 Å². The first-order valence-electron chi connectivity index (χ1n) is 6.61. The lowest BCUT2D eigenvalue weighted by Crippen LogP contribution is -2.43. The van der Waals surface area contributed by atoms with E-state index in [1.807, 2.05) is 0 Å². The Morgan fingerprint density at radius 2 is 2.18 bits per heavy atom. The minimum absolute atomic E-state index is 0.201. The molecule has 1 aliphatic carbocycles. The average molecular weight is 233 g/mol. The quantitative estimate of drug-likeness (QED) is 0.739. The largest absolute Gasteiger partial charge is 0.396 e. The molecule has 0 aliphatic heterocycles. The molecule has 0 bridgehead atoms. The van der Waals surface area contributed by atoms with Crippen LogP contribution in [0.25, 0.3) is 0 Å². The zero-order chi connectivity index (χ0) is 12.1. The molecule has 17 heavy (non-hydrogen) atoms. The van der Waals surface area contributed by atoms with Gasteiger partial charge in [-0.1, -0.05) is 36.2 Å². The maximum Gasteiger partial charge on any atom is 0.0499 e. The van der Waals surface area contributed by atoms with Gasteiger partial charge in [-0.2, -0.15) is 0 Å². The molecule has 1 aromatic rings. The van der Waals surface area contributed by atoms with E-state index in [-0.39, 0.29) is 5.41 Å². The third-order valence-corrected chi connectivity index (χ3v) is 3.92. The van der Waals surface area contributed by atoms with E-state index in [2.05, 4.69) is 36.5 Å². The van der Waals surface area contributed by atoms with E-state index in [9.17, 15) is 5.11 Å². The van der Waals surface area contributed by atoms with E-state index in [4.69, 9.17) is 0 Å². The first-order valence-corrected chi connectivity index (χ1v) is 6.61. The first-order chi connectivity index (χ1) is 8.24. The molecule has 0 aromatic heterocycles. The van der Waals surface area contributed by atoms with Crippen molar-refractivity contribution in [2.45, 2.75) is 32.6 Å². The van der Waals surface area contributed by atoms with Gasteiger partial charge in [-0.25, -0.2) is 0 Å². The van der Waals surface area contributed by atoms with Crippen molar-refractivity contribution >= 4 is 0 Å². The van der Waals surface area contributed by atoms with Crippen LogP contribution in [-0.4, -0.2) is 24.8 Å². The summed E-state index contributed by atoms with van der Waals surface area (Å²) < 4.78 is 0. The highest BCUT2D eigenvalue weighted by molar-refractivity contribution is 5.22. The number of benzene rings is 1. The zero-order valence-electron chi connectivity index (χ0n) is 10.7. The van der Waals surface area contributed by atoms with Crippen LogP contribution >= 0.6 is 0 Å². The van der Waals surface area contributed by atoms with Crippen molar-refractivity contribution in [2.75, 3.05) is 19.7 Å². The Kier molecular flexibility index (Phi) is 4.19. The highest BCUT2D eigenvalue weighted by Gasteiger charge is 2.35. The van der Waals surface area contributed by atoms with Gasteiger partial charge >= 0.3 is 0 Å². The van der Waals surface area contributed by atoms with E-state index in [1.165, 1.54) is 30.4 Å². The molecule has 0 amide bonds. The second kappa shape index (κ2) is 5.65. The van der Waals surface area contributed by atoms with Crippen LogP contribution in [0.5, 0.6) is 0 Å². The topological polar surface area (TPSA) is 32.3 Å². The Morgan fingerprint density at radius 1 is 1.35 bits per heavy atom. The van der Waals surface area contributed by atoms with Gasteiger partial charge in [-0.05, 0) is 38.3 Å². The molecule has 94 valence electrons. The maximum atomic E-state index is 9.35. The van der Waals surface area contributed by atoms with Gasteiger partial charge in [-0.3, -0.25) is 0 Å². The minimum atomic E-state index is 0.201. The van der Waals surface area contributed by atoms with Crippen LogP contribution in [0.3, 0.4) is 0 Å². The molecule has 0 unspecified atom stereocenters. The molecule has 0 heterocycles. The predicted molar refractivity (Wildman–Crippen MR) is 71.1 cm³/mol.